The van der Waals surface area contributed by atoms with Gasteiger partial charge in [-0.05, 0) is 49.1 Å². The highest BCUT2D eigenvalue weighted by Gasteiger charge is 2.32. The lowest BCUT2D eigenvalue weighted by molar-refractivity contribution is -0.143. The molecular formula is C30H34Cl2N2O3. The first kappa shape index (κ1) is 28.5. The van der Waals surface area contributed by atoms with Gasteiger partial charge in [0.15, 0.2) is 6.61 Å². The second kappa shape index (κ2) is 13.5. The van der Waals surface area contributed by atoms with E-state index in [1.54, 1.807) is 18.2 Å². The summed E-state index contributed by atoms with van der Waals surface area (Å²) in [5, 5.41) is 3.83. The van der Waals surface area contributed by atoms with Crippen molar-refractivity contribution in [3.8, 4) is 5.75 Å². The molecule has 0 aliphatic carbocycles. The van der Waals surface area contributed by atoms with Gasteiger partial charge in [0.25, 0.3) is 5.91 Å². The van der Waals surface area contributed by atoms with E-state index < -0.39 is 6.04 Å². The van der Waals surface area contributed by atoms with E-state index in [0.717, 1.165) is 11.1 Å². The summed E-state index contributed by atoms with van der Waals surface area (Å²) < 4.78 is 6.01. The molecule has 1 atom stereocenters. The Balaban J connectivity index is 1.98. The second-order valence-corrected chi connectivity index (χ2v) is 10.4. The van der Waals surface area contributed by atoms with E-state index in [4.69, 9.17) is 27.9 Å². The van der Waals surface area contributed by atoms with Crippen LogP contribution in [0.2, 0.25) is 10.0 Å². The Bertz CT molecular complexity index is 1180. The monoisotopic (exact) mass is 540 g/mol. The van der Waals surface area contributed by atoms with Crippen LogP contribution in [0.5, 0.6) is 5.75 Å². The van der Waals surface area contributed by atoms with E-state index in [9.17, 15) is 9.59 Å². The molecule has 1 N–H and O–H groups in total. The van der Waals surface area contributed by atoms with Crippen molar-refractivity contribution < 1.29 is 14.3 Å². The van der Waals surface area contributed by atoms with Crippen molar-refractivity contribution in [3.63, 3.8) is 0 Å². The summed E-state index contributed by atoms with van der Waals surface area (Å²) in [6.07, 6.45) is 0.329. The van der Waals surface area contributed by atoms with Crippen LogP contribution in [0.25, 0.3) is 0 Å². The number of ether oxygens (including phenoxy) is 1. The minimum Gasteiger partial charge on any atom is -0.483 e. The fraction of sp³-hybridized carbons (Fsp3) is 0.333. The first-order chi connectivity index (χ1) is 17.7. The maximum Gasteiger partial charge on any atom is 0.261 e. The molecule has 0 fully saturated rings. The molecule has 3 rings (SSSR count). The molecule has 0 saturated carbocycles. The van der Waals surface area contributed by atoms with E-state index in [1.807, 2.05) is 68.4 Å². The van der Waals surface area contributed by atoms with Crippen molar-refractivity contribution >= 4 is 35.0 Å². The maximum atomic E-state index is 13.8. The fourth-order valence-corrected chi connectivity index (χ4v) is 4.62. The number of carbonyl (C=O) groups is 2. The third-order valence-corrected chi connectivity index (χ3v) is 6.69. The SMILES string of the molecule is CC(C)NC(=O)[C@H](Cc1ccccc1)N(Cc1c(Cl)cccc1Cl)C(=O)COc1ccccc1C(C)C. The smallest absolute Gasteiger partial charge is 0.261 e. The Labute approximate surface area is 229 Å². The summed E-state index contributed by atoms with van der Waals surface area (Å²) in [6, 6.07) is 21.6. The third kappa shape index (κ3) is 7.98. The molecule has 3 aromatic rings. The Morgan fingerprint density at radius 1 is 0.865 bits per heavy atom. The van der Waals surface area contributed by atoms with Gasteiger partial charge in [0, 0.05) is 34.6 Å². The average molecular weight is 542 g/mol. The predicted octanol–water partition coefficient (Wildman–Crippen LogP) is 6.66. The number of para-hydroxylation sites is 1. The van der Waals surface area contributed by atoms with Crippen molar-refractivity contribution in [2.45, 2.75) is 58.7 Å². The molecule has 7 heteroatoms. The summed E-state index contributed by atoms with van der Waals surface area (Å²) in [7, 11) is 0. The third-order valence-electron chi connectivity index (χ3n) is 5.98. The van der Waals surface area contributed by atoms with Gasteiger partial charge in [-0.3, -0.25) is 9.59 Å². The lowest BCUT2D eigenvalue weighted by Gasteiger charge is -2.32. The van der Waals surface area contributed by atoms with Crippen molar-refractivity contribution in [2.24, 2.45) is 0 Å². The summed E-state index contributed by atoms with van der Waals surface area (Å²) in [4.78, 5) is 28.8. The molecule has 0 aliphatic rings. The minimum atomic E-state index is -0.798. The molecule has 0 unspecified atom stereocenters. The quantitative estimate of drug-likeness (QED) is 0.295. The van der Waals surface area contributed by atoms with Gasteiger partial charge in [-0.2, -0.15) is 0 Å². The van der Waals surface area contributed by atoms with Crippen LogP contribution in [-0.4, -0.2) is 35.4 Å². The van der Waals surface area contributed by atoms with Crippen LogP contribution < -0.4 is 10.1 Å². The fourth-order valence-electron chi connectivity index (χ4n) is 4.10. The van der Waals surface area contributed by atoms with E-state index in [2.05, 4.69) is 19.2 Å². The van der Waals surface area contributed by atoms with Crippen LogP contribution in [0.15, 0.2) is 72.8 Å². The zero-order valence-corrected chi connectivity index (χ0v) is 23.2. The van der Waals surface area contributed by atoms with Crippen LogP contribution in [0.3, 0.4) is 0 Å². The van der Waals surface area contributed by atoms with Crippen molar-refractivity contribution in [1.29, 1.82) is 0 Å². The Kier molecular flexibility index (Phi) is 10.4. The van der Waals surface area contributed by atoms with Crippen LogP contribution in [0.4, 0.5) is 0 Å². The van der Waals surface area contributed by atoms with Crippen molar-refractivity contribution in [3.05, 3.63) is 99.5 Å². The number of hydrogen-bond donors (Lipinski definition) is 1. The highest BCUT2D eigenvalue weighted by atomic mass is 35.5. The van der Waals surface area contributed by atoms with E-state index in [-0.39, 0.29) is 36.9 Å². The number of benzene rings is 3. The number of nitrogens with one attached hydrogen (secondary N) is 1. The number of halogens is 2. The lowest BCUT2D eigenvalue weighted by Crippen LogP contribution is -2.53. The number of rotatable bonds is 11. The molecule has 0 radical (unpaired) electrons. The molecule has 196 valence electrons. The number of amides is 2. The largest absolute Gasteiger partial charge is 0.483 e. The van der Waals surface area contributed by atoms with E-state index in [1.165, 1.54) is 4.90 Å². The molecule has 37 heavy (non-hydrogen) atoms. The molecule has 0 aromatic heterocycles. The van der Waals surface area contributed by atoms with E-state index in [0.29, 0.717) is 27.8 Å². The first-order valence-electron chi connectivity index (χ1n) is 12.5. The number of nitrogens with zero attached hydrogens (tertiary/aromatic N) is 1. The zero-order valence-electron chi connectivity index (χ0n) is 21.7. The van der Waals surface area contributed by atoms with Crippen molar-refractivity contribution in [1.82, 2.24) is 10.2 Å². The summed E-state index contributed by atoms with van der Waals surface area (Å²) in [5.74, 6) is 0.284. The minimum absolute atomic E-state index is 0.0650. The highest BCUT2D eigenvalue weighted by Crippen LogP contribution is 2.28. The lowest BCUT2D eigenvalue weighted by atomic mass is 10.0. The average Bonchev–Trinajstić information content (AvgIpc) is 2.86. The molecule has 2 amide bonds. The van der Waals surface area contributed by atoms with Gasteiger partial charge in [0.1, 0.15) is 11.8 Å². The maximum absolute atomic E-state index is 13.8. The first-order valence-corrected chi connectivity index (χ1v) is 13.2. The number of carbonyl (C=O) groups excluding carboxylic acids is 2. The van der Waals surface area contributed by atoms with Gasteiger partial charge < -0.3 is 15.0 Å². The van der Waals surface area contributed by atoms with E-state index >= 15 is 0 Å². The van der Waals surface area contributed by atoms with Gasteiger partial charge in [0.2, 0.25) is 5.91 Å². The topological polar surface area (TPSA) is 58.6 Å². The normalized spacial score (nSPS) is 11.9. The van der Waals surface area contributed by atoms with Gasteiger partial charge >= 0.3 is 0 Å². The van der Waals surface area contributed by atoms with Gasteiger partial charge in [-0.1, -0.05) is 91.6 Å². The Morgan fingerprint density at radius 3 is 2.11 bits per heavy atom. The molecular weight excluding hydrogens is 507 g/mol. The van der Waals surface area contributed by atoms with Gasteiger partial charge in [-0.25, -0.2) is 0 Å². The standard InChI is InChI=1S/C30H34Cl2N2O3/c1-20(2)23-13-8-9-16-28(23)37-19-29(35)34(18-24-25(31)14-10-15-26(24)32)27(30(36)33-21(3)4)17-22-11-6-5-7-12-22/h5-16,20-21,27H,17-19H2,1-4H3,(H,33,36)/t27-/m0/s1. The summed E-state index contributed by atoms with van der Waals surface area (Å²) in [6.45, 7) is 7.76. The molecule has 0 heterocycles. The molecule has 0 saturated heterocycles. The Hall–Kier alpha value is -3.02. The van der Waals surface area contributed by atoms with Gasteiger partial charge in [-0.15, -0.1) is 0 Å². The van der Waals surface area contributed by atoms with Crippen LogP contribution >= 0.6 is 23.2 Å². The van der Waals surface area contributed by atoms with Crippen LogP contribution in [0.1, 0.15) is 50.3 Å². The summed E-state index contributed by atoms with van der Waals surface area (Å²) in [5.41, 5.74) is 2.52. The molecule has 3 aromatic carbocycles. The molecule has 0 bridgehead atoms. The van der Waals surface area contributed by atoms with Gasteiger partial charge in [0.05, 0.1) is 0 Å². The highest BCUT2D eigenvalue weighted by molar-refractivity contribution is 6.36. The predicted molar refractivity (Wildman–Crippen MR) is 150 cm³/mol. The zero-order chi connectivity index (χ0) is 26.9. The Morgan fingerprint density at radius 2 is 1.49 bits per heavy atom. The van der Waals surface area contributed by atoms with Crippen LogP contribution in [-0.2, 0) is 22.6 Å². The van der Waals surface area contributed by atoms with Crippen LogP contribution in [0, 0.1) is 0 Å². The second-order valence-electron chi connectivity index (χ2n) is 9.57. The number of hydrogen-bond acceptors (Lipinski definition) is 3. The summed E-state index contributed by atoms with van der Waals surface area (Å²) >= 11 is 13.0. The molecule has 5 nitrogen and oxygen atoms in total. The molecule has 0 spiro atoms. The molecule has 0 aliphatic heterocycles. The van der Waals surface area contributed by atoms with Crippen molar-refractivity contribution in [2.75, 3.05) is 6.61 Å².